The summed E-state index contributed by atoms with van der Waals surface area (Å²) in [5, 5.41) is 2.88. The summed E-state index contributed by atoms with van der Waals surface area (Å²) in [6, 6.07) is 12.0. The molecule has 6 heteroatoms. The van der Waals surface area contributed by atoms with Crippen molar-refractivity contribution in [2.24, 2.45) is 0 Å². The number of methoxy groups -OCH3 is 2. The Kier molecular flexibility index (Phi) is 9.57. The van der Waals surface area contributed by atoms with E-state index in [1.807, 2.05) is 0 Å². The van der Waals surface area contributed by atoms with Gasteiger partial charge in [-0.2, -0.15) is 12.6 Å². The zero-order valence-corrected chi connectivity index (χ0v) is 18.0. The molecule has 0 aliphatic heterocycles. The van der Waals surface area contributed by atoms with E-state index in [9.17, 15) is 9.59 Å². The van der Waals surface area contributed by atoms with Gasteiger partial charge in [-0.1, -0.05) is 19.3 Å². The quantitative estimate of drug-likeness (QED) is 0.286. The second-order valence-electron chi connectivity index (χ2n) is 6.80. The van der Waals surface area contributed by atoms with Crippen LogP contribution in [-0.4, -0.2) is 31.7 Å². The summed E-state index contributed by atoms with van der Waals surface area (Å²) >= 11 is 4.20. The lowest BCUT2D eigenvalue weighted by atomic mass is 10.0. The molecule has 0 fully saturated rings. The van der Waals surface area contributed by atoms with Crippen molar-refractivity contribution in [3.63, 3.8) is 0 Å². The molecule has 1 amide bonds. The fourth-order valence-corrected chi connectivity index (χ4v) is 3.18. The van der Waals surface area contributed by atoms with E-state index in [1.54, 1.807) is 56.7 Å². The van der Waals surface area contributed by atoms with Crippen molar-refractivity contribution in [2.75, 3.05) is 25.3 Å². The molecular formula is C23H29NO4S. The second-order valence-corrected chi connectivity index (χ2v) is 7.24. The van der Waals surface area contributed by atoms with Gasteiger partial charge in [0.05, 0.1) is 14.2 Å². The van der Waals surface area contributed by atoms with Crippen molar-refractivity contribution in [3.05, 3.63) is 53.6 Å². The minimum Gasteiger partial charge on any atom is -0.497 e. The van der Waals surface area contributed by atoms with Crippen LogP contribution in [0.15, 0.2) is 42.5 Å². The van der Waals surface area contributed by atoms with Gasteiger partial charge in [-0.25, -0.2) is 0 Å². The summed E-state index contributed by atoms with van der Waals surface area (Å²) in [4.78, 5) is 24.8. The molecule has 2 rings (SSSR count). The van der Waals surface area contributed by atoms with Gasteiger partial charge >= 0.3 is 0 Å². The Balaban J connectivity index is 1.91. The van der Waals surface area contributed by atoms with Gasteiger partial charge in [0, 0.05) is 29.3 Å². The molecule has 0 saturated heterocycles. The van der Waals surface area contributed by atoms with Crippen LogP contribution in [0.4, 0.5) is 5.69 Å². The molecule has 0 saturated carbocycles. The fraction of sp³-hybridized carbons (Fsp3) is 0.391. The topological polar surface area (TPSA) is 64.6 Å². The van der Waals surface area contributed by atoms with Gasteiger partial charge in [0.1, 0.15) is 11.5 Å². The molecule has 2 aromatic rings. The van der Waals surface area contributed by atoms with Crippen LogP contribution in [0.2, 0.25) is 0 Å². The van der Waals surface area contributed by atoms with Gasteiger partial charge in [-0.3, -0.25) is 9.59 Å². The van der Waals surface area contributed by atoms with Crippen molar-refractivity contribution in [1.82, 2.24) is 0 Å². The Bertz CT molecular complexity index is 783. The van der Waals surface area contributed by atoms with E-state index in [4.69, 9.17) is 9.47 Å². The SMILES string of the molecule is COc1cc(OC)cc(C(=O)c2ccc(NC(=O)CCCCCCCS)cc2)c1. The molecule has 29 heavy (non-hydrogen) atoms. The number of anilines is 1. The third-order valence-electron chi connectivity index (χ3n) is 4.61. The number of thiol groups is 1. The number of ketones is 1. The van der Waals surface area contributed by atoms with Crippen LogP contribution in [0.25, 0.3) is 0 Å². The lowest BCUT2D eigenvalue weighted by Crippen LogP contribution is -2.11. The number of ether oxygens (including phenoxy) is 2. The predicted molar refractivity (Wildman–Crippen MR) is 120 cm³/mol. The van der Waals surface area contributed by atoms with E-state index in [0.717, 1.165) is 31.4 Å². The lowest BCUT2D eigenvalue weighted by Gasteiger charge is -2.09. The summed E-state index contributed by atoms with van der Waals surface area (Å²) in [5.41, 5.74) is 1.70. The van der Waals surface area contributed by atoms with Crippen molar-refractivity contribution in [3.8, 4) is 11.5 Å². The number of benzene rings is 2. The van der Waals surface area contributed by atoms with E-state index in [1.165, 1.54) is 6.42 Å². The van der Waals surface area contributed by atoms with Gasteiger partial charge in [0.2, 0.25) is 5.91 Å². The molecule has 5 nitrogen and oxygen atoms in total. The Morgan fingerprint density at radius 2 is 1.41 bits per heavy atom. The first kappa shape index (κ1) is 22.8. The predicted octanol–water partition coefficient (Wildman–Crippen LogP) is 5.14. The monoisotopic (exact) mass is 415 g/mol. The number of carbonyl (C=O) groups is 2. The normalized spacial score (nSPS) is 10.4. The van der Waals surface area contributed by atoms with Crippen LogP contribution in [0.3, 0.4) is 0 Å². The molecule has 0 unspecified atom stereocenters. The maximum atomic E-state index is 12.8. The van der Waals surface area contributed by atoms with Crippen molar-refractivity contribution in [2.45, 2.75) is 38.5 Å². The van der Waals surface area contributed by atoms with E-state index >= 15 is 0 Å². The van der Waals surface area contributed by atoms with Crippen LogP contribution in [-0.2, 0) is 4.79 Å². The highest BCUT2D eigenvalue weighted by molar-refractivity contribution is 7.80. The molecule has 0 atom stereocenters. The molecule has 0 heterocycles. The molecular weight excluding hydrogens is 386 g/mol. The van der Waals surface area contributed by atoms with Crippen LogP contribution < -0.4 is 14.8 Å². The van der Waals surface area contributed by atoms with Gasteiger partial charge in [0.25, 0.3) is 0 Å². The van der Waals surface area contributed by atoms with Gasteiger partial charge in [0.15, 0.2) is 5.78 Å². The van der Waals surface area contributed by atoms with Gasteiger partial charge in [-0.05, 0) is 55.0 Å². The van der Waals surface area contributed by atoms with Crippen LogP contribution in [0.5, 0.6) is 11.5 Å². The Morgan fingerprint density at radius 1 is 0.828 bits per heavy atom. The molecule has 1 N–H and O–H groups in total. The highest BCUT2D eigenvalue weighted by Gasteiger charge is 2.13. The number of unbranched alkanes of at least 4 members (excludes halogenated alkanes) is 4. The van der Waals surface area contributed by atoms with Crippen LogP contribution in [0.1, 0.15) is 54.4 Å². The third kappa shape index (κ3) is 7.46. The number of carbonyl (C=O) groups excluding carboxylic acids is 2. The largest absolute Gasteiger partial charge is 0.497 e. The number of hydrogen-bond donors (Lipinski definition) is 2. The zero-order chi connectivity index (χ0) is 21.1. The molecule has 0 aromatic heterocycles. The first-order chi connectivity index (χ1) is 14.1. The molecule has 2 aromatic carbocycles. The molecule has 0 bridgehead atoms. The lowest BCUT2D eigenvalue weighted by molar-refractivity contribution is -0.116. The summed E-state index contributed by atoms with van der Waals surface area (Å²) in [6.45, 7) is 0. The molecule has 0 radical (unpaired) electrons. The third-order valence-corrected chi connectivity index (χ3v) is 4.92. The van der Waals surface area contributed by atoms with Crippen molar-refractivity contribution >= 4 is 30.0 Å². The Hall–Kier alpha value is -2.47. The van der Waals surface area contributed by atoms with E-state index in [0.29, 0.717) is 34.7 Å². The van der Waals surface area contributed by atoms with E-state index < -0.39 is 0 Å². The zero-order valence-electron chi connectivity index (χ0n) is 17.1. The second kappa shape index (κ2) is 12.2. The van der Waals surface area contributed by atoms with E-state index in [-0.39, 0.29) is 11.7 Å². The smallest absolute Gasteiger partial charge is 0.224 e. The molecule has 156 valence electrons. The van der Waals surface area contributed by atoms with Crippen molar-refractivity contribution in [1.29, 1.82) is 0 Å². The first-order valence-electron chi connectivity index (χ1n) is 9.86. The maximum absolute atomic E-state index is 12.8. The van der Waals surface area contributed by atoms with E-state index in [2.05, 4.69) is 17.9 Å². The Morgan fingerprint density at radius 3 is 2.00 bits per heavy atom. The minimum atomic E-state index is -0.138. The van der Waals surface area contributed by atoms with Gasteiger partial charge in [-0.15, -0.1) is 0 Å². The standard InChI is InChI=1S/C23H29NO4S/c1-27-20-14-18(15-21(16-20)28-2)23(26)17-9-11-19(12-10-17)24-22(25)8-6-4-3-5-7-13-29/h9-12,14-16,29H,3-8,13H2,1-2H3,(H,24,25). The van der Waals surface area contributed by atoms with Crippen molar-refractivity contribution < 1.29 is 19.1 Å². The summed E-state index contributed by atoms with van der Waals surface area (Å²) in [7, 11) is 3.09. The summed E-state index contributed by atoms with van der Waals surface area (Å²) in [6.07, 6.45) is 5.87. The highest BCUT2D eigenvalue weighted by atomic mass is 32.1. The number of nitrogens with one attached hydrogen (secondary N) is 1. The summed E-state index contributed by atoms with van der Waals surface area (Å²) in [5.74, 6) is 1.89. The number of rotatable bonds is 12. The first-order valence-corrected chi connectivity index (χ1v) is 10.5. The van der Waals surface area contributed by atoms with Crippen LogP contribution in [0, 0.1) is 0 Å². The minimum absolute atomic E-state index is 0.00389. The number of hydrogen-bond acceptors (Lipinski definition) is 5. The number of amides is 1. The molecule has 0 aliphatic carbocycles. The Labute approximate surface area is 178 Å². The maximum Gasteiger partial charge on any atom is 0.224 e. The highest BCUT2D eigenvalue weighted by Crippen LogP contribution is 2.24. The average Bonchev–Trinajstić information content (AvgIpc) is 2.75. The molecule has 0 aliphatic rings. The van der Waals surface area contributed by atoms with Crippen LogP contribution >= 0.6 is 12.6 Å². The fourth-order valence-electron chi connectivity index (χ4n) is 2.96. The average molecular weight is 416 g/mol. The summed E-state index contributed by atoms with van der Waals surface area (Å²) < 4.78 is 10.4. The molecule has 0 spiro atoms. The van der Waals surface area contributed by atoms with Gasteiger partial charge < -0.3 is 14.8 Å².